The average Bonchev–Trinajstić information content (AvgIpc) is 2.57. The van der Waals surface area contributed by atoms with Gasteiger partial charge in [0.25, 0.3) is 5.69 Å². The van der Waals surface area contributed by atoms with Gasteiger partial charge in [0.05, 0.1) is 16.5 Å². The lowest BCUT2D eigenvalue weighted by atomic mass is 10.1. The normalized spacial score (nSPS) is 17.6. The molecule has 0 aromatic carbocycles. The van der Waals surface area contributed by atoms with Crippen molar-refractivity contribution in [3.63, 3.8) is 0 Å². The highest BCUT2D eigenvalue weighted by molar-refractivity contribution is 6.30. The van der Waals surface area contributed by atoms with Crippen molar-refractivity contribution in [3.8, 4) is 5.88 Å². The van der Waals surface area contributed by atoms with Crippen LogP contribution >= 0.6 is 11.6 Å². The van der Waals surface area contributed by atoms with E-state index in [9.17, 15) is 10.1 Å². The van der Waals surface area contributed by atoms with E-state index < -0.39 is 4.92 Å². The Kier molecular flexibility index (Phi) is 4.80. The first-order valence-electron chi connectivity index (χ1n) is 7.67. The first kappa shape index (κ1) is 16.4. The zero-order valence-corrected chi connectivity index (χ0v) is 13.9. The van der Waals surface area contributed by atoms with Crippen LogP contribution in [-0.4, -0.2) is 34.1 Å². The maximum atomic E-state index is 10.9. The fraction of sp³-hybridized carbons (Fsp3) is 0.375. The second-order valence-corrected chi connectivity index (χ2v) is 6.17. The van der Waals surface area contributed by atoms with E-state index in [1.165, 1.54) is 6.20 Å². The van der Waals surface area contributed by atoms with Crippen LogP contribution in [-0.2, 0) is 0 Å². The van der Waals surface area contributed by atoms with E-state index >= 15 is 0 Å². The number of aryl methyl sites for hydroxylation is 1. The highest BCUT2D eigenvalue weighted by Gasteiger charge is 2.24. The van der Waals surface area contributed by atoms with Gasteiger partial charge in [0, 0.05) is 24.4 Å². The number of pyridine rings is 2. The van der Waals surface area contributed by atoms with Gasteiger partial charge in [0.1, 0.15) is 18.1 Å². The Balaban J connectivity index is 1.70. The van der Waals surface area contributed by atoms with Gasteiger partial charge in [-0.3, -0.25) is 10.1 Å². The molecule has 1 unspecified atom stereocenters. The van der Waals surface area contributed by atoms with Gasteiger partial charge < -0.3 is 9.64 Å². The van der Waals surface area contributed by atoms with Crippen LogP contribution in [0.25, 0.3) is 0 Å². The van der Waals surface area contributed by atoms with Crippen LogP contribution in [0.5, 0.6) is 5.88 Å². The molecule has 2 aromatic heterocycles. The fourth-order valence-corrected chi connectivity index (χ4v) is 2.86. The molecule has 1 aliphatic rings. The van der Waals surface area contributed by atoms with Crippen molar-refractivity contribution in [1.29, 1.82) is 0 Å². The molecule has 3 rings (SSSR count). The molecule has 126 valence electrons. The smallest absolute Gasteiger partial charge is 0.290 e. The summed E-state index contributed by atoms with van der Waals surface area (Å²) in [5, 5.41) is 11.5. The predicted octanol–water partition coefficient (Wildman–Crippen LogP) is 3.39. The third-order valence-corrected chi connectivity index (χ3v) is 4.18. The number of ether oxygens (including phenoxy) is 1. The molecular formula is C16H17ClN4O3. The summed E-state index contributed by atoms with van der Waals surface area (Å²) in [6.45, 7) is 3.23. The number of aromatic nitrogens is 2. The van der Waals surface area contributed by atoms with Crippen molar-refractivity contribution in [2.75, 3.05) is 18.0 Å². The number of rotatable bonds is 4. The predicted molar refractivity (Wildman–Crippen MR) is 90.7 cm³/mol. The van der Waals surface area contributed by atoms with Crippen LogP contribution in [0.3, 0.4) is 0 Å². The van der Waals surface area contributed by atoms with E-state index in [4.69, 9.17) is 16.3 Å². The molecule has 0 spiro atoms. The summed E-state index contributed by atoms with van der Waals surface area (Å²) in [4.78, 5) is 21.0. The van der Waals surface area contributed by atoms with Gasteiger partial charge in [0.15, 0.2) is 0 Å². The molecule has 0 bridgehead atoms. The van der Waals surface area contributed by atoms with Gasteiger partial charge in [-0.05, 0) is 31.9 Å². The minimum atomic E-state index is -0.416. The average molecular weight is 349 g/mol. The summed E-state index contributed by atoms with van der Waals surface area (Å²) in [7, 11) is 0. The lowest BCUT2D eigenvalue weighted by Crippen LogP contribution is -2.41. The lowest BCUT2D eigenvalue weighted by Gasteiger charge is -2.33. The molecule has 2 aromatic rings. The van der Waals surface area contributed by atoms with Gasteiger partial charge in [-0.1, -0.05) is 11.6 Å². The van der Waals surface area contributed by atoms with Crippen LogP contribution < -0.4 is 9.64 Å². The minimum absolute atomic E-state index is 0.00952. The molecule has 0 amide bonds. The number of nitrogens with zero attached hydrogens (tertiary/aromatic N) is 4. The van der Waals surface area contributed by atoms with E-state index in [1.54, 1.807) is 31.3 Å². The van der Waals surface area contributed by atoms with Crippen LogP contribution in [0, 0.1) is 17.0 Å². The molecule has 1 aliphatic heterocycles. The Morgan fingerprint density at radius 1 is 1.38 bits per heavy atom. The van der Waals surface area contributed by atoms with Gasteiger partial charge in [-0.15, -0.1) is 0 Å². The van der Waals surface area contributed by atoms with Gasteiger partial charge in [-0.25, -0.2) is 9.97 Å². The number of hydrogen-bond acceptors (Lipinski definition) is 6. The SMILES string of the molecule is Cc1cc(N2CCCC(Oc3ccc(Cl)cn3)C2)ncc1[N+](=O)[O-]. The minimum Gasteiger partial charge on any atom is -0.472 e. The maximum absolute atomic E-state index is 10.9. The molecule has 24 heavy (non-hydrogen) atoms. The summed E-state index contributed by atoms with van der Waals surface area (Å²) in [6.07, 6.45) is 4.74. The highest BCUT2D eigenvalue weighted by Crippen LogP contribution is 2.25. The van der Waals surface area contributed by atoms with Gasteiger partial charge in [-0.2, -0.15) is 0 Å². The lowest BCUT2D eigenvalue weighted by molar-refractivity contribution is -0.385. The third-order valence-electron chi connectivity index (χ3n) is 3.96. The van der Waals surface area contributed by atoms with Gasteiger partial charge in [0.2, 0.25) is 5.88 Å². The first-order valence-corrected chi connectivity index (χ1v) is 8.05. The molecule has 1 fully saturated rings. The number of nitro groups is 1. The van der Waals surface area contributed by atoms with Crippen molar-refractivity contribution in [3.05, 3.63) is 51.3 Å². The van der Waals surface area contributed by atoms with Crippen LogP contribution in [0.15, 0.2) is 30.6 Å². The second-order valence-electron chi connectivity index (χ2n) is 5.73. The highest BCUT2D eigenvalue weighted by atomic mass is 35.5. The van der Waals surface area contributed by atoms with Crippen LogP contribution in [0.2, 0.25) is 5.02 Å². The topological polar surface area (TPSA) is 81.4 Å². The molecule has 0 radical (unpaired) electrons. The van der Waals surface area contributed by atoms with Gasteiger partial charge >= 0.3 is 0 Å². The Bertz CT molecular complexity index is 739. The molecule has 0 N–H and O–H groups in total. The van der Waals surface area contributed by atoms with Crippen molar-refractivity contribution in [2.45, 2.75) is 25.9 Å². The van der Waals surface area contributed by atoms with Crippen molar-refractivity contribution >= 4 is 23.1 Å². The Morgan fingerprint density at radius 2 is 2.21 bits per heavy atom. The molecule has 0 aliphatic carbocycles. The largest absolute Gasteiger partial charge is 0.472 e. The summed E-state index contributed by atoms with van der Waals surface area (Å²) in [6, 6.07) is 5.24. The molecule has 1 saturated heterocycles. The Morgan fingerprint density at radius 3 is 2.88 bits per heavy atom. The van der Waals surface area contributed by atoms with E-state index in [2.05, 4.69) is 14.9 Å². The standard InChI is InChI=1S/C16H17ClN4O3/c1-11-7-15(18-9-14(11)21(22)23)20-6-2-3-13(10-20)24-16-5-4-12(17)8-19-16/h4-5,7-9,13H,2-3,6,10H2,1H3. The Labute approximate surface area is 144 Å². The summed E-state index contributed by atoms with van der Waals surface area (Å²) in [5.41, 5.74) is 0.640. The molecule has 7 nitrogen and oxygen atoms in total. The van der Waals surface area contributed by atoms with E-state index in [0.717, 1.165) is 25.2 Å². The molecule has 3 heterocycles. The summed E-state index contributed by atoms with van der Waals surface area (Å²) >= 11 is 5.82. The van der Waals surface area contributed by atoms with Crippen LogP contribution in [0.4, 0.5) is 11.5 Å². The van der Waals surface area contributed by atoms with E-state index in [1.807, 2.05) is 0 Å². The van der Waals surface area contributed by atoms with Crippen molar-refractivity contribution in [1.82, 2.24) is 9.97 Å². The summed E-state index contributed by atoms with van der Waals surface area (Å²) in [5.74, 6) is 1.27. The number of halogens is 1. The number of piperidine rings is 1. The first-order chi connectivity index (χ1) is 11.5. The monoisotopic (exact) mass is 348 g/mol. The van der Waals surface area contributed by atoms with Crippen molar-refractivity contribution in [2.24, 2.45) is 0 Å². The molecule has 0 saturated carbocycles. The second kappa shape index (κ2) is 7.00. The maximum Gasteiger partial charge on any atom is 0.290 e. The quantitative estimate of drug-likeness (QED) is 0.622. The number of hydrogen-bond donors (Lipinski definition) is 0. The third kappa shape index (κ3) is 3.73. The van der Waals surface area contributed by atoms with E-state index in [-0.39, 0.29) is 11.8 Å². The molecular weight excluding hydrogens is 332 g/mol. The molecule has 8 heteroatoms. The molecule has 1 atom stereocenters. The van der Waals surface area contributed by atoms with Crippen LogP contribution in [0.1, 0.15) is 18.4 Å². The van der Waals surface area contributed by atoms with Crippen molar-refractivity contribution < 1.29 is 9.66 Å². The fourth-order valence-electron chi connectivity index (χ4n) is 2.74. The zero-order chi connectivity index (χ0) is 17.1. The number of anilines is 1. The Hall–Kier alpha value is -2.41. The zero-order valence-electron chi connectivity index (χ0n) is 13.2. The summed E-state index contributed by atoms with van der Waals surface area (Å²) < 4.78 is 5.91. The van der Waals surface area contributed by atoms with E-state index in [0.29, 0.717) is 23.0 Å².